The highest BCUT2D eigenvalue weighted by atomic mass is 35.5. The maximum absolute atomic E-state index is 13.8. The molecule has 5 heteroatoms. The Morgan fingerprint density at radius 1 is 1.35 bits per heavy atom. The van der Waals surface area contributed by atoms with Crippen molar-refractivity contribution in [2.24, 2.45) is 5.84 Å². The van der Waals surface area contributed by atoms with Crippen molar-refractivity contribution in [3.63, 3.8) is 0 Å². The first-order chi connectivity index (χ1) is 9.69. The number of rotatable bonds is 6. The quantitative estimate of drug-likeness (QED) is 0.617. The van der Waals surface area contributed by atoms with Crippen molar-refractivity contribution in [1.82, 2.24) is 5.43 Å². The van der Waals surface area contributed by atoms with E-state index in [0.717, 1.165) is 11.0 Å². The van der Waals surface area contributed by atoms with Crippen LogP contribution in [-0.4, -0.2) is 17.0 Å². The molecule has 112 valence electrons. The van der Waals surface area contributed by atoms with E-state index in [1.807, 2.05) is 11.8 Å². The number of hydrogen-bond donors (Lipinski definition) is 2. The summed E-state index contributed by atoms with van der Waals surface area (Å²) in [5, 5.41) is 1.18. The summed E-state index contributed by atoms with van der Waals surface area (Å²) >= 11 is 7.73. The molecule has 0 spiro atoms. The molecule has 1 fully saturated rings. The van der Waals surface area contributed by atoms with Crippen molar-refractivity contribution in [3.8, 4) is 0 Å². The monoisotopic (exact) mass is 316 g/mol. The molecule has 1 saturated carbocycles. The molecule has 0 aliphatic heterocycles. The van der Waals surface area contributed by atoms with Crippen molar-refractivity contribution in [3.05, 3.63) is 34.6 Å². The van der Waals surface area contributed by atoms with Gasteiger partial charge in [-0.05, 0) is 37.0 Å². The van der Waals surface area contributed by atoms with Crippen LogP contribution >= 0.6 is 23.4 Å². The van der Waals surface area contributed by atoms with E-state index in [1.54, 1.807) is 12.1 Å². The number of nitrogens with two attached hydrogens (primary N) is 1. The fourth-order valence-electron chi connectivity index (χ4n) is 2.60. The van der Waals surface area contributed by atoms with Crippen LogP contribution in [0.25, 0.3) is 0 Å². The maximum Gasteiger partial charge on any atom is 0.127 e. The second kappa shape index (κ2) is 8.23. The van der Waals surface area contributed by atoms with Crippen LogP contribution in [0.5, 0.6) is 0 Å². The van der Waals surface area contributed by atoms with Gasteiger partial charge < -0.3 is 0 Å². The molecule has 1 unspecified atom stereocenters. The number of hydrazine groups is 1. The Morgan fingerprint density at radius 3 is 2.75 bits per heavy atom. The summed E-state index contributed by atoms with van der Waals surface area (Å²) in [6.45, 7) is 0. The van der Waals surface area contributed by atoms with Crippen LogP contribution in [0.15, 0.2) is 18.2 Å². The maximum atomic E-state index is 13.8. The zero-order valence-corrected chi connectivity index (χ0v) is 13.2. The van der Waals surface area contributed by atoms with Gasteiger partial charge in [-0.1, -0.05) is 36.9 Å². The van der Waals surface area contributed by atoms with Gasteiger partial charge in [0.1, 0.15) is 5.82 Å². The van der Waals surface area contributed by atoms with Crippen LogP contribution in [0, 0.1) is 5.82 Å². The minimum atomic E-state index is -0.250. The lowest BCUT2D eigenvalue weighted by Gasteiger charge is -2.24. The highest BCUT2D eigenvalue weighted by molar-refractivity contribution is 7.99. The Hall–Kier alpha value is -0.290. The molecule has 1 aromatic carbocycles. The van der Waals surface area contributed by atoms with E-state index in [4.69, 9.17) is 17.4 Å². The molecule has 2 nitrogen and oxygen atoms in total. The number of nitrogens with one attached hydrogen (secondary N) is 1. The molecule has 1 aliphatic rings. The average Bonchev–Trinajstić information content (AvgIpc) is 2.46. The first-order valence-electron chi connectivity index (χ1n) is 7.20. The number of hydrogen-bond acceptors (Lipinski definition) is 3. The van der Waals surface area contributed by atoms with E-state index < -0.39 is 0 Å². The molecule has 0 saturated heterocycles. The molecule has 2 rings (SSSR count). The van der Waals surface area contributed by atoms with Gasteiger partial charge in [-0.2, -0.15) is 11.8 Å². The van der Waals surface area contributed by atoms with E-state index in [9.17, 15) is 4.39 Å². The van der Waals surface area contributed by atoms with Gasteiger partial charge in [0.05, 0.1) is 0 Å². The zero-order valence-electron chi connectivity index (χ0n) is 11.6. The van der Waals surface area contributed by atoms with Gasteiger partial charge in [-0.15, -0.1) is 0 Å². The van der Waals surface area contributed by atoms with Gasteiger partial charge >= 0.3 is 0 Å². The largest absolute Gasteiger partial charge is 0.271 e. The van der Waals surface area contributed by atoms with E-state index in [1.165, 1.54) is 38.2 Å². The van der Waals surface area contributed by atoms with E-state index in [2.05, 4.69) is 5.43 Å². The van der Waals surface area contributed by atoms with Crippen molar-refractivity contribution in [2.75, 3.05) is 5.75 Å². The summed E-state index contributed by atoms with van der Waals surface area (Å²) in [7, 11) is 0. The van der Waals surface area contributed by atoms with Crippen LogP contribution in [0.4, 0.5) is 4.39 Å². The molecule has 1 atom stereocenters. The number of benzene rings is 1. The highest BCUT2D eigenvalue weighted by Crippen LogP contribution is 2.29. The summed E-state index contributed by atoms with van der Waals surface area (Å²) in [5.41, 5.74) is 3.48. The second-order valence-electron chi connectivity index (χ2n) is 5.40. The lowest BCUT2D eigenvalue weighted by atomic mass is 10.0. The fourth-order valence-corrected chi connectivity index (χ4v) is 4.15. The molecule has 0 radical (unpaired) electrons. The topological polar surface area (TPSA) is 38.0 Å². The van der Waals surface area contributed by atoms with Gasteiger partial charge in [0.15, 0.2) is 0 Å². The van der Waals surface area contributed by atoms with E-state index in [0.29, 0.717) is 17.0 Å². The first-order valence-corrected chi connectivity index (χ1v) is 8.63. The van der Waals surface area contributed by atoms with Crippen LogP contribution in [0.3, 0.4) is 0 Å². The number of halogens is 2. The third kappa shape index (κ3) is 4.92. The van der Waals surface area contributed by atoms with Gasteiger partial charge in [0.2, 0.25) is 0 Å². The van der Waals surface area contributed by atoms with E-state index >= 15 is 0 Å². The molecule has 3 N–H and O–H groups in total. The molecule has 20 heavy (non-hydrogen) atoms. The summed E-state index contributed by atoms with van der Waals surface area (Å²) in [6, 6.07) is 4.92. The Kier molecular flexibility index (Phi) is 6.62. The van der Waals surface area contributed by atoms with Crippen LogP contribution in [-0.2, 0) is 6.42 Å². The Labute approximate surface area is 129 Å². The lowest BCUT2D eigenvalue weighted by molar-refractivity contribution is 0.511. The Morgan fingerprint density at radius 2 is 2.10 bits per heavy atom. The normalized spacial score (nSPS) is 18.1. The van der Waals surface area contributed by atoms with Crippen LogP contribution in [0.1, 0.15) is 37.7 Å². The predicted molar refractivity (Wildman–Crippen MR) is 85.6 cm³/mol. The third-order valence-electron chi connectivity index (χ3n) is 3.80. The molecular weight excluding hydrogens is 295 g/mol. The zero-order chi connectivity index (χ0) is 14.4. The standard InChI is InChI=1S/C15H22ClFN2S/c16-12-7-6-11(15(17)9-12)8-13(19-18)10-20-14-4-2-1-3-5-14/h6-7,9,13-14,19H,1-5,8,10,18H2. The van der Waals surface area contributed by atoms with Crippen molar-refractivity contribution >= 4 is 23.4 Å². The second-order valence-corrected chi connectivity index (χ2v) is 7.17. The molecule has 1 aromatic rings. The fraction of sp³-hybridized carbons (Fsp3) is 0.600. The lowest BCUT2D eigenvalue weighted by Crippen LogP contribution is -2.39. The minimum absolute atomic E-state index is 0.0950. The summed E-state index contributed by atoms with van der Waals surface area (Å²) in [5.74, 6) is 6.27. The molecule has 1 aliphatic carbocycles. The van der Waals surface area contributed by atoms with Gasteiger partial charge in [0.25, 0.3) is 0 Å². The van der Waals surface area contributed by atoms with Crippen molar-refractivity contribution in [1.29, 1.82) is 0 Å². The van der Waals surface area contributed by atoms with Crippen molar-refractivity contribution < 1.29 is 4.39 Å². The third-order valence-corrected chi connectivity index (χ3v) is 5.58. The average molecular weight is 317 g/mol. The molecule has 0 amide bonds. The Balaban J connectivity index is 1.84. The molecule has 0 aromatic heterocycles. The van der Waals surface area contributed by atoms with Crippen LogP contribution < -0.4 is 11.3 Å². The van der Waals surface area contributed by atoms with Gasteiger partial charge in [-0.25, -0.2) is 4.39 Å². The minimum Gasteiger partial charge on any atom is -0.271 e. The summed E-state index contributed by atoms with van der Waals surface area (Å²) in [4.78, 5) is 0. The van der Waals surface area contributed by atoms with Gasteiger partial charge in [-0.3, -0.25) is 11.3 Å². The first kappa shape index (κ1) is 16.1. The molecule has 0 heterocycles. The predicted octanol–water partition coefficient (Wildman–Crippen LogP) is 3.92. The van der Waals surface area contributed by atoms with E-state index in [-0.39, 0.29) is 11.9 Å². The molecular formula is C15H22ClFN2S. The molecule has 0 bridgehead atoms. The SMILES string of the molecule is NNC(CSC1CCCCC1)Cc1ccc(Cl)cc1F. The summed E-state index contributed by atoms with van der Waals surface area (Å²) < 4.78 is 13.8. The number of thioether (sulfide) groups is 1. The van der Waals surface area contributed by atoms with Gasteiger partial charge in [0, 0.05) is 22.1 Å². The van der Waals surface area contributed by atoms with Crippen molar-refractivity contribution in [2.45, 2.75) is 49.8 Å². The van der Waals surface area contributed by atoms with Crippen LogP contribution in [0.2, 0.25) is 5.02 Å². The summed E-state index contributed by atoms with van der Waals surface area (Å²) in [6.07, 6.45) is 7.24. The Bertz CT molecular complexity index is 424. The smallest absolute Gasteiger partial charge is 0.127 e. The highest BCUT2D eigenvalue weighted by Gasteiger charge is 2.17.